The van der Waals surface area contributed by atoms with E-state index in [1.54, 1.807) is 22.4 Å². The molecule has 19 heavy (non-hydrogen) atoms. The minimum Gasteiger partial charge on any atom is -0.366 e. The summed E-state index contributed by atoms with van der Waals surface area (Å²) in [5, 5.41) is 3.04. The number of nitrogens with zero attached hydrogens (tertiary/aromatic N) is 3. The molecule has 1 fully saturated rings. The number of carbonyl (C=O) groups excluding carboxylic acids is 1. The third kappa shape index (κ3) is 3.75. The Morgan fingerprint density at radius 3 is 3.16 bits per heavy atom. The molecular weight excluding hydrogens is 262 g/mol. The van der Waals surface area contributed by atoms with E-state index in [1.807, 2.05) is 19.5 Å². The van der Waals surface area contributed by atoms with Gasteiger partial charge in [0, 0.05) is 44.2 Å². The maximum absolute atomic E-state index is 12.3. The number of morpholine rings is 1. The van der Waals surface area contributed by atoms with Gasteiger partial charge in [-0.1, -0.05) is 6.92 Å². The Morgan fingerprint density at radius 2 is 2.53 bits per heavy atom. The fourth-order valence-corrected chi connectivity index (χ4v) is 2.92. The van der Waals surface area contributed by atoms with E-state index in [0.29, 0.717) is 19.7 Å². The molecule has 0 aromatic carbocycles. The van der Waals surface area contributed by atoms with Gasteiger partial charge in [-0.15, -0.1) is 11.3 Å². The largest absolute Gasteiger partial charge is 0.366 e. The van der Waals surface area contributed by atoms with E-state index < -0.39 is 0 Å². The summed E-state index contributed by atoms with van der Waals surface area (Å²) in [6.07, 6.45) is 1.48. The number of hydrogen-bond donors (Lipinski definition) is 0. The average molecular weight is 283 g/mol. The molecule has 0 bridgehead atoms. The standard InChI is InChI=1S/C13H21N3O2S/c1-10(12-14-4-7-19-12)8-16(3)13(17)11-9-15(2)5-6-18-11/h4,7,10-11H,5-6,8-9H2,1-3H3. The van der Waals surface area contributed by atoms with E-state index in [4.69, 9.17) is 4.74 Å². The fraction of sp³-hybridized carbons (Fsp3) is 0.692. The van der Waals surface area contributed by atoms with Crippen molar-refractivity contribution in [3.05, 3.63) is 16.6 Å². The van der Waals surface area contributed by atoms with Crippen LogP contribution in [0.3, 0.4) is 0 Å². The van der Waals surface area contributed by atoms with Crippen LogP contribution in [0.15, 0.2) is 11.6 Å². The van der Waals surface area contributed by atoms with Gasteiger partial charge in [0.2, 0.25) is 0 Å². The van der Waals surface area contributed by atoms with E-state index in [9.17, 15) is 4.79 Å². The molecule has 2 unspecified atom stereocenters. The molecule has 0 N–H and O–H groups in total. The summed E-state index contributed by atoms with van der Waals surface area (Å²) in [5.74, 6) is 0.324. The lowest BCUT2D eigenvalue weighted by atomic mass is 10.1. The van der Waals surface area contributed by atoms with Crippen molar-refractivity contribution < 1.29 is 9.53 Å². The molecule has 1 amide bonds. The van der Waals surface area contributed by atoms with Crippen molar-refractivity contribution in [2.24, 2.45) is 0 Å². The molecule has 0 saturated carbocycles. The zero-order valence-corrected chi connectivity index (χ0v) is 12.5. The zero-order chi connectivity index (χ0) is 13.8. The second-order valence-corrected chi connectivity index (χ2v) is 6.04. The van der Waals surface area contributed by atoms with Crippen molar-refractivity contribution in [1.82, 2.24) is 14.8 Å². The third-order valence-electron chi connectivity index (χ3n) is 3.34. The summed E-state index contributed by atoms with van der Waals surface area (Å²) in [5.41, 5.74) is 0. The molecule has 6 heteroatoms. The highest BCUT2D eigenvalue weighted by molar-refractivity contribution is 7.09. The van der Waals surface area contributed by atoms with Gasteiger partial charge >= 0.3 is 0 Å². The third-order valence-corrected chi connectivity index (χ3v) is 4.35. The quantitative estimate of drug-likeness (QED) is 0.828. The van der Waals surface area contributed by atoms with E-state index in [2.05, 4.69) is 16.8 Å². The molecule has 0 aliphatic carbocycles. The first-order valence-corrected chi connectivity index (χ1v) is 7.40. The lowest BCUT2D eigenvalue weighted by Gasteiger charge is -2.32. The summed E-state index contributed by atoms with van der Waals surface area (Å²) in [7, 11) is 3.85. The number of ether oxygens (including phenoxy) is 1. The van der Waals surface area contributed by atoms with Crippen LogP contribution in [0, 0.1) is 0 Å². The minimum atomic E-state index is -0.327. The number of amides is 1. The number of aromatic nitrogens is 1. The Balaban J connectivity index is 1.88. The molecule has 5 nitrogen and oxygen atoms in total. The van der Waals surface area contributed by atoms with E-state index >= 15 is 0 Å². The molecule has 1 aliphatic rings. The van der Waals surface area contributed by atoms with Gasteiger partial charge in [0.25, 0.3) is 5.91 Å². The van der Waals surface area contributed by atoms with Crippen LogP contribution in [0.4, 0.5) is 0 Å². The SMILES string of the molecule is CC(CN(C)C(=O)C1CN(C)CCO1)c1nccs1. The number of hydrogen-bond acceptors (Lipinski definition) is 5. The van der Waals surface area contributed by atoms with Crippen molar-refractivity contribution in [1.29, 1.82) is 0 Å². The molecule has 2 heterocycles. The van der Waals surface area contributed by atoms with E-state index in [0.717, 1.165) is 11.6 Å². The molecule has 2 atom stereocenters. The van der Waals surface area contributed by atoms with Crippen molar-refractivity contribution in [2.45, 2.75) is 18.9 Å². The zero-order valence-electron chi connectivity index (χ0n) is 11.7. The number of rotatable bonds is 4. The van der Waals surface area contributed by atoms with Crippen LogP contribution >= 0.6 is 11.3 Å². The maximum Gasteiger partial charge on any atom is 0.252 e. The highest BCUT2D eigenvalue weighted by Crippen LogP contribution is 2.19. The Kier molecular flexibility index (Phi) is 4.90. The lowest BCUT2D eigenvalue weighted by molar-refractivity contribution is -0.147. The topological polar surface area (TPSA) is 45.7 Å². The number of thiazole rings is 1. The van der Waals surface area contributed by atoms with Gasteiger partial charge in [-0.3, -0.25) is 4.79 Å². The van der Waals surface area contributed by atoms with Crippen molar-refractivity contribution in [3.63, 3.8) is 0 Å². The molecule has 106 valence electrons. The number of likely N-dealkylation sites (N-methyl/N-ethyl adjacent to an activating group) is 2. The Bertz CT molecular complexity index is 410. The average Bonchev–Trinajstić information content (AvgIpc) is 2.91. The first kappa shape index (κ1) is 14.4. The molecule has 0 radical (unpaired) electrons. The summed E-state index contributed by atoms with van der Waals surface area (Å²) in [6, 6.07) is 0. The minimum absolute atomic E-state index is 0.0648. The summed E-state index contributed by atoms with van der Waals surface area (Å²) in [6.45, 7) is 4.97. The number of carbonyl (C=O) groups is 1. The van der Waals surface area contributed by atoms with Gasteiger partial charge in [0.05, 0.1) is 11.6 Å². The Hall–Kier alpha value is -0.980. The molecule has 1 saturated heterocycles. The monoisotopic (exact) mass is 283 g/mol. The van der Waals surface area contributed by atoms with Crippen molar-refractivity contribution >= 4 is 17.2 Å². The smallest absolute Gasteiger partial charge is 0.252 e. The first-order valence-electron chi connectivity index (χ1n) is 6.52. The van der Waals surface area contributed by atoms with Gasteiger partial charge in [0.15, 0.2) is 0 Å². The first-order chi connectivity index (χ1) is 9.08. The van der Waals surface area contributed by atoms with Gasteiger partial charge in [-0.05, 0) is 7.05 Å². The van der Waals surface area contributed by atoms with Gasteiger partial charge in [0.1, 0.15) is 6.10 Å². The lowest BCUT2D eigenvalue weighted by Crippen LogP contribution is -2.49. The Morgan fingerprint density at radius 1 is 1.74 bits per heavy atom. The maximum atomic E-state index is 12.3. The predicted molar refractivity (Wildman–Crippen MR) is 75.4 cm³/mol. The second kappa shape index (κ2) is 6.45. The molecule has 1 aromatic rings. The summed E-state index contributed by atoms with van der Waals surface area (Å²) >= 11 is 1.63. The normalized spacial score (nSPS) is 22.2. The Labute approximate surface area is 118 Å². The van der Waals surface area contributed by atoms with Crippen LogP contribution in [0.25, 0.3) is 0 Å². The van der Waals surface area contributed by atoms with E-state index in [-0.39, 0.29) is 17.9 Å². The fourth-order valence-electron chi connectivity index (χ4n) is 2.23. The van der Waals surface area contributed by atoms with Crippen molar-refractivity contribution in [3.8, 4) is 0 Å². The van der Waals surface area contributed by atoms with E-state index in [1.165, 1.54) is 0 Å². The van der Waals surface area contributed by atoms with Crippen LogP contribution in [0.2, 0.25) is 0 Å². The van der Waals surface area contributed by atoms with Crippen molar-refractivity contribution in [2.75, 3.05) is 40.3 Å². The molecule has 1 aliphatic heterocycles. The van der Waals surface area contributed by atoms with Crippen LogP contribution in [0.1, 0.15) is 17.8 Å². The predicted octanol–water partition coefficient (Wildman–Crippen LogP) is 1.04. The summed E-state index contributed by atoms with van der Waals surface area (Å²) in [4.78, 5) is 20.5. The molecule has 0 spiro atoms. The second-order valence-electron chi connectivity index (χ2n) is 5.11. The van der Waals surface area contributed by atoms with Gasteiger partial charge < -0.3 is 14.5 Å². The molecule has 2 rings (SSSR count). The van der Waals surface area contributed by atoms with Crippen LogP contribution in [0.5, 0.6) is 0 Å². The van der Waals surface area contributed by atoms with Crippen LogP contribution < -0.4 is 0 Å². The summed E-state index contributed by atoms with van der Waals surface area (Å²) < 4.78 is 5.56. The molecular formula is C13H21N3O2S. The highest BCUT2D eigenvalue weighted by Gasteiger charge is 2.28. The van der Waals surface area contributed by atoms with Crippen LogP contribution in [-0.4, -0.2) is 67.1 Å². The molecule has 1 aromatic heterocycles. The van der Waals surface area contributed by atoms with Gasteiger partial charge in [-0.25, -0.2) is 4.98 Å². The van der Waals surface area contributed by atoms with Crippen LogP contribution in [-0.2, 0) is 9.53 Å². The van der Waals surface area contributed by atoms with Gasteiger partial charge in [-0.2, -0.15) is 0 Å². The highest BCUT2D eigenvalue weighted by atomic mass is 32.1.